The number of unbranched alkanes of at least 4 members (excludes halogenated alkanes) is 4. The fraction of sp³-hybridized carbons (Fsp3) is 0.615. The first-order valence-corrected chi connectivity index (χ1v) is 14.2. The maximum Gasteiger partial charge on any atom is 0.322 e. The van der Waals surface area contributed by atoms with Crippen molar-refractivity contribution in [3.05, 3.63) is 39.8 Å². The van der Waals surface area contributed by atoms with E-state index < -0.39 is 10.3 Å². The number of halogens is 1. The van der Waals surface area contributed by atoms with Crippen LogP contribution in [0.1, 0.15) is 79.3 Å². The van der Waals surface area contributed by atoms with Gasteiger partial charge in [-0.2, -0.15) is 0 Å². The molecule has 35 heavy (non-hydrogen) atoms. The van der Waals surface area contributed by atoms with Gasteiger partial charge in [-0.25, -0.2) is 14.8 Å². The Labute approximate surface area is 223 Å². The number of carbonyl (C=O) groups is 1. The Morgan fingerprint density at radius 2 is 1.91 bits per heavy atom. The Bertz CT molecular complexity index is 1010. The number of carbonyl (C=O) groups excluding carboxylic acids is 1. The van der Waals surface area contributed by atoms with Gasteiger partial charge in [-0.15, -0.1) is 11.3 Å². The zero-order valence-corrected chi connectivity index (χ0v) is 24.1. The molecule has 0 aliphatic heterocycles. The minimum atomic E-state index is -0.727. The van der Waals surface area contributed by atoms with Crippen LogP contribution in [0.3, 0.4) is 0 Å². The van der Waals surface area contributed by atoms with E-state index in [2.05, 4.69) is 21.7 Å². The number of anilines is 1. The molecule has 0 radical (unpaired) electrons. The highest BCUT2D eigenvalue weighted by Crippen LogP contribution is 2.36. The van der Waals surface area contributed by atoms with Crippen molar-refractivity contribution >= 4 is 52.2 Å². The number of pyridine rings is 1. The second kappa shape index (κ2) is 13.5. The van der Waals surface area contributed by atoms with E-state index in [4.69, 9.17) is 27.9 Å². The molecule has 0 aliphatic carbocycles. The average Bonchev–Trinajstić information content (AvgIpc) is 3.21. The fourth-order valence-corrected chi connectivity index (χ4v) is 5.85. The van der Waals surface area contributed by atoms with Crippen molar-refractivity contribution in [3.63, 3.8) is 0 Å². The van der Waals surface area contributed by atoms with Gasteiger partial charge in [0, 0.05) is 31.1 Å². The van der Waals surface area contributed by atoms with Crippen molar-refractivity contribution in [1.29, 1.82) is 0 Å². The van der Waals surface area contributed by atoms with E-state index in [0.717, 1.165) is 36.0 Å². The summed E-state index contributed by atoms with van der Waals surface area (Å²) >= 11 is 9.47. The van der Waals surface area contributed by atoms with Crippen molar-refractivity contribution in [3.8, 4) is 0 Å². The van der Waals surface area contributed by atoms with Crippen LogP contribution in [0.25, 0.3) is 4.85 Å². The van der Waals surface area contributed by atoms with Gasteiger partial charge in [0.05, 0.1) is 17.3 Å². The van der Waals surface area contributed by atoms with Crippen molar-refractivity contribution < 1.29 is 9.53 Å². The number of thioether (sulfide) groups is 1. The number of esters is 1. The maximum atomic E-state index is 12.6. The van der Waals surface area contributed by atoms with Crippen LogP contribution in [-0.2, 0) is 16.0 Å². The standard InChI is InChI=1S/C26H37ClN4O2S2/c1-8-9-10-11-12-14-31(22-21(27)16-20(28-7)17-29-22)15-13-19-18-34-24(30-19)35-26(5,6)23(32)33-25(2,3)4/h16-18H,8-15H2,1-6H3. The second-order valence-corrected chi connectivity index (χ2v) is 13.1. The van der Waals surface area contributed by atoms with Crippen LogP contribution in [0.5, 0.6) is 0 Å². The second-order valence-electron chi connectivity index (χ2n) is 9.98. The number of ether oxygens (including phenoxy) is 1. The number of aromatic nitrogens is 2. The summed E-state index contributed by atoms with van der Waals surface area (Å²) in [6.45, 7) is 20.3. The Morgan fingerprint density at radius 3 is 2.54 bits per heavy atom. The summed E-state index contributed by atoms with van der Waals surface area (Å²) < 4.78 is 5.69. The van der Waals surface area contributed by atoms with Gasteiger partial charge < -0.3 is 9.64 Å². The first kappa shape index (κ1) is 29.4. The lowest BCUT2D eigenvalue weighted by Crippen LogP contribution is -2.36. The highest BCUT2D eigenvalue weighted by molar-refractivity contribution is 8.03. The van der Waals surface area contributed by atoms with Gasteiger partial charge in [0.2, 0.25) is 5.69 Å². The van der Waals surface area contributed by atoms with Crippen LogP contribution in [0, 0.1) is 6.57 Å². The third-order valence-corrected chi connectivity index (χ3v) is 7.61. The van der Waals surface area contributed by atoms with Gasteiger partial charge in [0.15, 0.2) is 4.34 Å². The van der Waals surface area contributed by atoms with Crippen molar-refractivity contribution in [2.75, 3.05) is 18.0 Å². The smallest absolute Gasteiger partial charge is 0.322 e. The number of hydrogen-bond acceptors (Lipinski definition) is 7. The summed E-state index contributed by atoms with van der Waals surface area (Å²) in [5.41, 5.74) is 0.892. The minimum Gasteiger partial charge on any atom is -0.459 e. The van der Waals surface area contributed by atoms with Gasteiger partial charge in [-0.3, -0.25) is 4.79 Å². The maximum absolute atomic E-state index is 12.6. The summed E-state index contributed by atoms with van der Waals surface area (Å²) in [7, 11) is 0. The molecular formula is C26H37ClN4O2S2. The van der Waals surface area contributed by atoms with Gasteiger partial charge in [-0.1, -0.05) is 56.0 Å². The van der Waals surface area contributed by atoms with Gasteiger partial charge in [-0.05, 0) is 47.1 Å². The lowest BCUT2D eigenvalue weighted by atomic mass is 10.1. The summed E-state index contributed by atoms with van der Waals surface area (Å²) in [6.07, 6.45) is 8.23. The van der Waals surface area contributed by atoms with Crippen molar-refractivity contribution in [2.45, 2.75) is 94.8 Å². The van der Waals surface area contributed by atoms with Crippen LogP contribution in [0.15, 0.2) is 22.0 Å². The molecule has 0 fully saturated rings. The van der Waals surface area contributed by atoms with Crippen LogP contribution in [0.4, 0.5) is 11.5 Å². The van der Waals surface area contributed by atoms with Crippen LogP contribution < -0.4 is 4.90 Å². The number of thiazole rings is 1. The fourth-order valence-electron chi connectivity index (χ4n) is 3.30. The molecule has 0 saturated carbocycles. The quantitative estimate of drug-likeness (QED) is 0.112. The normalized spacial score (nSPS) is 11.8. The molecule has 0 atom stereocenters. The van der Waals surface area contributed by atoms with Crippen LogP contribution in [0.2, 0.25) is 5.02 Å². The zero-order chi connectivity index (χ0) is 26.1. The molecule has 0 aromatic carbocycles. The van der Waals surface area contributed by atoms with Crippen molar-refractivity contribution in [2.24, 2.45) is 0 Å². The van der Waals surface area contributed by atoms with Gasteiger partial charge >= 0.3 is 5.97 Å². The monoisotopic (exact) mass is 536 g/mol. The Hall–Kier alpha value is -1.82. The highest BCUT2D eigenvalue weighted by Gasteiger charge is 2.34. The van der Waals surface area contributed by atoms with Crippen LogP contribution >= 0.6 is 34.7 Å². The molecule has 0 N–H and O–H groups in total. The molecule has 0 amide bonds. The molecule has 2 heterocycles. The van der Waals surface area contributed by atoms with E-state index >= 15 is 0 Å². The van der Waals surface area contributed by atoms with Crippen LogP contribution in [-0.4, -0.2) is 39.4 Å². The predicted octanol–water partition coefficient (Wildman–Crippen LogP) is 7.97. The van der Waals surface area contributed by atoms with E-state index in [1.54, 1.807) is 23.6 Å². The van der Waals surface area contributed by atoms with Crippen molar-refractivity contribution in [1.82, 2.24) is 9.97 Å². The topological polar surface area (TPSA) is 59.7 Å². The Morgan fingerprint density at radius 1 is 1.20 bits per heavy atom. The molecule has 2 aromatic heterocycles. The third-order valence-electron chi connectivity index (χ3n) is 5.17. The minimum absolute atomic E-state index is 0.246. The summed E-state index contributed by atoms with van der Waals surface area (Å²) in [5.74, 6) is 0.468. The lowest BCUT2D eigenvalue weighted by Gasteiger charge is -2.27. The summed E-state index contributed by atoms with van der Waals surface area (Å²) in [6, 6.07) is 1.68. The molecule has 0 unspecified atom stereocenters. The molecule has 6 nitrogen and oxygen atoms in total. The summed E-state index contributed by atoms with van der Waals surface area (Å²) in [5, 5.41) is 2.55. The van der Waals surface area contributed by atoms with Gasteiger partial charge in [0.1, 0.15) is 16.2 Å². The molecule has 9 heteroatoms. The number of rotatable bonds is 13. The number of hydrogen-bond donors (Lipinski definition) is 0. The molecule has 2 aromatic rings. The largest absolute Gasteiger partial charge is 0.459 e. The highest BCUT2D eigenvalue weighted by atomic mass is 35.5. The third kappa shape index (κ3) is 9.98. The average molecular weight is 537 g/mol. The number of nitrogens with zero attached hydrogens (tertiary/aromatic N) is 4. The first-order chi connectivity index (χ1) is 16.4. The SMILES string of the molecule is [C-]#[N+]c1cnc(N(CCCCCCC)CCc2csc(SC(C)(C)C(=O)OC(C)(C)C)n2)c(Cl)c1. The first-order valence-electron chi connectivity index (χ1n) is 12.1. The molecule has 0 bridgehead atoms. The molecular weight excluding hydrogens is 500 g/mol. The van der Waals surface area contributed by atoms with E-state index in [1.165, 1.54) is 37.4 Å². The van der Waals surface area contributed by atoms with E-state index in [-0.39, 0.29) is 5.97 Å². The van der Waals surface area contributed by atoms with E-state index in [1.807, 2.05) is 40.0 Å². The van der Waals surface area contributed by atoms with E-state index in [9.17, 15) is 4.79 Å². The Balaban J connectivity index is 2.05. The van der Waals surface area contributed by atoms with E-state index in [0.29, 0.717) is 16.5 Å². The molecule has 0 aliphatic rings. The zero-order valence-electron chi connectivity index (χ0n) is 21.7. The Kier molecular flexibility index (Phi) is 11.3. The molecule has 0 saturated heterocycles. The van der Waals surface area contributed by atoms with Gasteiger partial charge in [0.25, 0.3) is 0 Å². The molecule has 0 spiro atoms. The summed E-state index contributed by atoms with van der Waals surface area (Å²) in [4.78, 5) is 27.5. The molecule has 192 valence electrons. The molecule has 2 rings (SSSR count). The predicted molar refractivity (Wildman–Crippen MR) is 148 cm³/mol. The lowest BCUT2D eigenvalue weighted by molar-refractivity contribution is -0.156.